The molecule has 0 radical (unpaired) electrons. The molecule has 5 nitrogen and oxygen atoms in total. The molecule has 2 fully saturated rings. The Morgan fingerprint density at radius 1 is 1.29 bits per heavy atom. The molecule has 0 atom stereocenters. The quantitative estimate of drug-likeness (QED) is 0.722. The lowest BCUT2D eigenvalue weighted by Gasteiger charge is -2.36. The molecule has 0 aromatic heterocycles. The van der Waals surface area contributed by atoms with Gasteiger partial charge in [-0.05, 0) is 19.9 Å². The van der Waals surface area contributed by atoms with E-state index in [4.69, 9.17) is 4.74 Å². The zero-order valence-electron chi connectivity index (χ0n) is 10.8. The maximum atomic E-state index is 11.9. The lowest BCUT2D eigenvalue weighted by atomic mass is 9.89. The minimum Gasteiger partial charge on any atom is -0.381 e. The summed E-state index contributed by atoms with van der Waals surface area (Å²) in [5.41, 5.74) is 0. The van der Waals surface area contributed by atoms with E-state index in [1.807, 2.05) is 4.90 Å². The predicted octanol–water partition coefficient (Wildman–Crippen LogP) is -0.473. The van der Waals surface area contributed by atoms with Gasteiger partial charge in [0.25, 0.3) is 0 Å². The Morgan fingerprint density at radius 3 is 2.53 bits per heavy atom. The number of hydrogen-bond donors (Lipinski definition) is 1. The van der Waals surface area contributed by atoms with Crippen molar-refractivity contribution in [3.05, 3.63) is 0 Å². The molecule has 0 unspecified atom stereocenters. The fourth-order valence-corrected chi connectivity index (χ4v) is 2.32. The SMILES string of the molecule is COC1CC(NCC(=O)N2CCN(C)CC2)C1. The van der Waals surface area contributed by atoms with E-state index in [1.165, 1.54) is 0 Å². The molecule has 1 aliphatic carbocycles. The van der Waals surface area contributed by atoms with Gasteiger partial charge in [0, 0.05) is 39.3 Å². The highest BCUT2D eigenvalue weighted by Gasteiger charge is 2.29. The standard InChI is InChI=1S/C12H23N3O2/c1-14-3-5-15(6-4-14)12(16)9-13-10-7-11(8-10)17-2/h10-11,13H,3-9H2,1-2H3. The van der Waals surface area contributed by atoms with Crippen molar-refractivity contribution in [3.8, 4) is 0 Å². The van der Waals surface area contributed by atoms with E-state index < -0.39 is 0 Å². The fourth-order valence-electron chi connectivity index (χ4n) is 2.32. The molecule has 0 aromatic carbocycles. The van der Waals surface area contributed by atoms with E-state index in [2.05, 4.69) is 17.3 Å². The molecule has 0 aromatic rings. The van der Waals surface area contributed by atoms with Crippen LogP contribution in [0.1, 0.15) is 12.8 Å². The van der Waals surface area contributed by atoms with E-state index in [0.29, 0.717) is 18.7 Å². The Kier molecular flexibility index (Phi) is 4.36. The number of amides is 1. The summed E-state index contributed by atoms with van der Waals surface area (Å²) >= 11 is 0. The smallest absolute Gasteiger partial charge is 0.236 e. The molecule has 1 N–H and O–H groups in total. The first kappa shape index (κ1) is 12.8. The minimum atomic E-state index is 0.235. The van der Waals surface area contributed by atoms with Gasteiger partial charge in [-0.1, -0.05) is 0 Å². The van der Waals surface area contributed by atoms with Crippen LogP contribution < -0.4 is 5.32 Å². The van der Waals surface area contributed by atoms with E-state index in [0.717, 1.165) is 39.0 Å². The van der Waals surface area contributed by atoms with Gasteiger partial charge in [0.05, 0.1) is 12.6 Å². The number of rotatable bonds is 4. The van der Waals surface area contributed by atoms with Crippen LogP contribution in [0.2, 0.25) is 0 Å². The maximum Gasteiger partial charge on any atom is 0.236 e. The number of piperazine rings is 1. The third-order valence-electron chi connectivity index (χ3n) is 3.83. The Bertz CT molecular complexity index is 258. The van der Waals surface area contributed by atoms with Crippen molar-refractivity contribution in [2.24, 2.45) is 0 Å². The number of nitrogens with one attached hydrogen (secondary N) is 1. The number of hydrogen-bond acceptors (Lipinski definition) is 4. The zero-order valence-corrected chi connectivity index (χ0v) is 10.8. The zero-order chi connectivity index (χ0) is 12.3. The van der Waals surface area contributed by atoms with E-state index in [1.54, 1.807) is 7.11 Å². The lowest BCUT2D eigenvalue weighted by Crippen LogP contribution is -2.52. The van der Waals surface area contributed by atoms with Crippen LogP contribution in [0.25, 0.3) is 0 Å². The number of carbonyl (C=O) groups is 1. The molecule has 5 heteroatoms. The summed E-state index contributed by atoms with van der Waals surface area (Å²) in [5, 5.41) is 3.31. The highest BCUT2D eigenvalue weighted by molar-refractivity contribution is 5.78. The highest BCUT2D eigenvalue weighted by Crippen LogP contribution is 2.22. The Morgan fingerprint density at radius 2 is 1.94 bits per heavy atom. The summed E-state index contributed by atoms with van der Waals surface area (Å²) in [4.78, 5) is 16.1. The molecular weight excluding hydrogens is 218 g/mol. The molecule has 98 valence electrons. The van der Waals surface area contributed by atoms with Gasteiger partial charge in [0.1, 0.15) is 0 Å². The molecule has 1 saturated heterocycles. The Labute approximate surface area is 103 Å². The van der Waals surface area contributed by atoms with Crippen LogP contribution in [0.5, 0.6) is 0 Å². The monoisotopic (exact) mass is 241 g/mol. The third kappa shape index (κ3) is 3.40. The highest BCUT2D eigenvalue weighted by atomic mass is 16.5. The van der Waals surface area contributed by atoms with Crippen molar-refractivity contribution < 1.29 is 9.53 Å². The van der Waals surface area contributed by atoms with Gasteiger partial charge in [0.15, 0.2) is 0 Å². The second kappa shape index (κ2) is 5.80. The largest absolute Gasteiger partial charge is 0.381 e. The first-order chi connectivity index (χ1) is 8.19. The molecule has 1 heterocycles. The number of likely N-dealkylation sites (N-methyl/N-ethyl adjacent to an activating group) is 1. The van der Waals surface area contributed by atoms with Gasteiger partial charge in [-0.15, -0.1) is 0 Å². The molecule has 1 amide bonds. The predicted molar refractivity (Wildman–Crippen MR) is 65.9 cm³/mol. The van der Waals surface area contributed by atoms with Crippen LogP contribution in [-0.4, -0.2) is 74.7 Å². The normalized spacial score (nSPS) is 30.1. The van der Waals surface area contributed by atoms with Crippen molar-refractivity contribution in [3.63, 3.8) is 0 Å². The van der Waals surface area contributed by atoms with Crippen LogP contribution in [-0.2, 0) is 9.53 Å². The summed E-state index contributed by atoms with van der Waals surface area (Å²) in [7, 11) is 3.84. The fraction of sp³-hybridized carbons (Fsp3) is 0.917. The number of ether oxygens (including phenoxy) is 1. The summed E-state index contributed by atoms with van der Waals surface area (Å²) in [6.45, 7) is 4.18. The average Bonchev–Trinajstić information content (AvgIpc) is 2.28. The van der Waals surface area contributed by atoms with Gasteiger partial charge in [0.2, 0.25) is 5.91 Å². The van der Waals surface area contributed by atoms with Crippen molar-refractivity contribution in [2.45, 2.75) is 25.0 Å². The van der Waals surface area contributed by atoms with Crippen LogP contribution in [0.3, 0.4) is 0 Å². The Hall–Kier alpha value is -0.650. The number of carbonyl (C=O) groups excluding carboxylic acids is 1. The van der Waals surface area contributed by atoms with Crippen molar-refractivity contribution in [1.82, 2.24) is 15.1 Å². The van der Waals surface area contributed by atoms with Gasteiger partial charge in [-0.2, -0.15) is 0 Å². The van der Waals surface area contributed by atoms with Crippen LogP contribution in [0, 0.1) is 0 Å². The summed E-state index contributed by atoms with van der Waals surface area (Å²) in [5.74, 6) is 0.235. The molecule has 17 heavy (non-hydrogen) atoms. The number of nitrogens with zero attached hydrogens (tertiary/aromatic N) is 2. The van der Waals surface area contributed by atoms with E-state index in [-0.39, 0.29) is 5.91 Å². The van der Waals surface area contributed by atoms with Gasteiger partial charge in [-0.25, -0.2) is 0 Å². The first-order valence-electron chi connectivity index (χ1n) is 6.41. The second-order valence-electron chi connectivity index (χ2n) is 5.09. The van der Waals surface area contributed by atoms with E-state index >= 15 is 0 Å². The summed E-state index contributed by atoms with van der Waals surface area (Å²) in [6, 6.07) is 0.469. The topological polar surface area (TPSA) is 44.8 Å². The van der Waals surface area contributed by atoms with Crippen molar-refractivity contribution >= 4 is 5.91 Å². The van der Waals surface area contributed by atoms with Crippen LogP contribution in [0.4, 0.5) is 0 Å². The number of methoxy groups -OCH3 is 1. The summed E-state index contributed by atoms with van der Waals surface area (Å²) in [6.07, 6.45) is 2.46. The van der Waals surface area contributed by atoms with Gasteiger partial charge in [-0.3, -0.25) is 4.79 Å². The van der Waals surface area contributed by atoms with Crippen molar-refractivity contribution in [1.29, 1.82) is 0 Å². The molecule has 1 aliphatic heterocycles. The molecule has 2 rings (SSSR count). The third-order valence-corrected chi connectivity index (χ3v) is 3.83. The molecule has 2 aliphatic rings. The molecule has 0 bridgehead atoms. The van der Waals surface area contributed by atoms with Gasteiger partial charge >= 0.3 is 0 Å². The lowest BCUT2D eigenvalue weighted by molar-refractivity contribution is -0.132. The van der Waals surface area contributed by atoms with Crippen molar-refractivity contribution in [2.75, 3.05) is 46.9 Å². The first-order valence-corrected chi connectivity index (χ1v) is 6.41. The second-order valence-corrected chi connectivity index (χ2v) is 5.09. The average molecular weight is 241 g/mol. The van der Waals surface area contributed by atoms with Crippen LogP contribution in [0.15, 0.2) is 0 Å². The van der Waals surface area contributed by atoms with Crippen LogP contribution >= 0.6 is 0 Å². The Balaban J connectivity index is 1.61. The minimum absolute atomic E-state index is 0.235. The van der Waals surface area contributed by atoms with Gasteiger partial charge < -0.3 is 19.9 Å². The maximum absolute atomic E-state index is 11.9. The molecule has 1 saturated carbocycles. The molecule has 0 spiro atoms. The summed E-state index contributed by atoms with van der Waals surface area (Å²) < 4.78 is 5.21. The van der Waals surface area contributed by atoms with E-state index in [9.17, 15) is 4.79 Å². The molecular formula is C12H23N3O2.